The van der Waals surface area contributed by atoms with E-state index in [0.29, 0.717) is 35.7 Å². The molecule has 4 saturated carbocycles. The van der Waals surface area contributed by atoms with Crippen molar-refractivity contribution in [3.8, 4) is 11.5 Å². The molecule has 4 aliphatic carbocycles. The van der Waals surface area contributed by atoms with E-state index in [1.165, 1.54) is 20.3 Å². The number of hydrogen-bond donors (Lipinski definition) is 0. The van der Waals surface area contributed by atoms with Gasteiger partial charge in [0.2, 0.25) is 0 Å². The van der Waals surface area contributed by atoms with Gasteiger partial charge >= 0.3 is 12.1 Å². The van der Waals surface area contributed by atoms with Crippen molar-refractivity contribution >= 4 is 17.9 Å². The topological polar surface area (TPSA) is 88.1 Å². The van der Waals surface area contributed by atoms with Crippen molar-refractivity contribution in [3.05, 3.63) is 23.3 Å². The highest BCUT2D eigenvalue weighted by molar-refractivity contribution is 5.91. The van der Waals surface area contributed by atoms with Gasteiger partial charge in [0.15, 0.2) is 11.5 Å². The average molecular weight is 388 g/mol. The fourth-order valence-corrected chi connectivity index (χ4v) is 5.34. The van der Waals surface area contributed by atoms with E-state index in [4.69, 9.17) is 18.9 Å². The lowest BCUT2D eigenvalue weighted by Gasteiger charge is -2.54. The van der Waals surface area contributed by atoms with Gasteiger partial charge in [-0.25, -0.2) is 9.59 Å². The Balaban J connectivity index is 1.52. The van der Waals surface area contributed by atoms with Crippen LogP contribution in [0.3, 0.4) is 0 Å². The summed E-state index contributed by atoms with van der Waals surface area (Å²) in [6, 6.07) is 3.03. The predicted molar refractivity (Wildman–Crippen MR) is 97.5 cm³/mol. The number of benzene rings is 1. The lowest BCUT2D eigenvalue weighted by molar-refractivity contribution is -0.164. The molecule has 0 aliphatic heterocycles. The Hall–Kier alpha value is -2.57. The van der Waals surface area contributed by atoms with Crippen molar-refractivity contribution in [1.82, 2.24) is 0 Å². The van der Waals surface area contributed by atoms with Crippen molar-refractivity contribution in [2.45, 2.75) is 44.6 Å². The van der Waals surface area contributed by atoms with Crippen LogP contribution >= 0.6 is 0 Å². The molecule has 0 aromatic heterocycles. The Morgan fingerprint density at radius 2 is 1.75 bits per heavy atom. The molecule has 1 aromatic carbocycles. The normalized spacial score (nSPS) is 30.1. The minimum absolute atomic E-state index is 0.00895. The molecule has 5 rings (SSSR count). The molecule has 0 spiro atoms. The molecular weight excluding hydrogens is 364 g/mol. The number of ketones is 1. The fourth-order valence-electron chi connectivity index (χ4n) is 5.34. The largest absolute Gasteiger partial charge is 0.514 e. The highest BCUT2D eigenvalue weighted by Gasteiger charge is 2.57. The molecule has 0 radical (unpaired) electrons. The lowest BCUT2D eigenvalue weighted by atomic mass is 9.53. The summed E-state index contributed by atoms with van der Waals surface area (Å²) in [5.41, 5.74) is 0.253. The average Bonchev–Trinajstić information content (AvgIpc) is 2.65. The molecule has 1 aromatic rings. The molecule has 150 valence electrons. The third-order valence-electron chi connectivity index (χ3n) is 6.30. The molecule has 2 unspecified atom stereocenters. The van der Waals surface area contributed by atoms with Crippen LogP contribution < -0.4 is 9.47 Å². The maximum Gasteiger partial charge on any atom is 0.514 e. The van der Waals surface area contributed by atoms with E-state index in [0.717, 1.165) is 19.3 Å². The van der Waals surface area contributed by atoms with E-state index in [1.54, 1.807) is 13.0 Å². The predicted octanol–water partition coefficient (Wildman–Crippen LogP) is 3.45. The zero-order chi connectivity index (χ0) is 20.1. The van der Waals surface area contributed by atoms with Crippen molar-refractivity contribution in [3.63, 3.8) is 0 Å². The Labute approximate surface area is 163 Å². The highest BCUT2D eigenvalue weighted by Crippen LogP contribution is 2.55. The molecule has 7 nitrogen and oxygen atoms in total. The summed E-state index contributed by atoms with van der Waals surface area (Å²) in [5.74, 6) is 0.746. The van der Waals surface area contributed by atoms with Crippen LogP contribution in [-0.4, -0.2) is 37.7 Å². The second-order valence-electron chi connectivity index (χ2n) is 8.20. The quantitative estimate of drug-likeness (QED) is 0.576. The molecule has 4 fully saturated rings. The number of rotatable bonds is 4. The third kappa shape index (κ3) is 3.12. The van der Waals surface area contributed by atoms with Gasteiger partial charge in [-0.15, -0.1) is 0 Å². The summed E-state index contributed by atoms with van der Waals surface area (Å²) < 4.78 is 21.3. The van der Waals surface area contributed by atoms with Gasteiger partial charge in [-0.1, -0.05) is 0 Å². The number of hydrogen-bond acceptors (Lipinski definition) is 7. The van der Waals surface area contributed by atoms with E-state index < -0.39 is 17.7 Å². The van der Waals surface area contributed by atoms with E-state index in [9.17, 15) is 14.4 Å². The van der Waals surface area contributed by atoms with Gasteiger partial charge in [0.05, 0.1) is 19.8 Å². The van der Waals surface area contributed by atoms with E-state index in [1.807, 2.05) is 0 Å². The minimum Gasteiger partial charge on any atom is -0.493 e. The van der Waals surface area contributed by atoms with Crippen LogP contribution in [0.15, 0.2) is 12.1 Å². The zero-order valence-electron chi connectivity index (χ0n) is 16.3. The Morgan fingerprint density at radius 1 is 1.07 bits per heavy atom. The fraction of sp³-hybridized carbons (Fsp3) is 0.571. The first-order valence-corrected chi connectivity index (χ1v) is 9.55. The van der Waals surface area contributed by atoms with Crippen LogP contribution in [0.1, 0.15) is 48.0 Å². The number of carbonyl (C=O) groups is 3. The molecule has 7 heteroatoms. The summed E-state index contributed by atoms with van der Waals surface area (Å²) in [6.45, 7) is 1.71. The number of esters is 1. The summed E-state index contributed by atoms with van der Waals surface area (Å²) in [5, 5.41) is 0. The SMILES string of the molecule is COC(=O)c1cc(C)c(OC(=O)OC23CC4CC(C2)C(=O)C(C4)C3)c(OC)c1. The van der Waals surface area contributed by atoms with Gasteiger partial charge < -0.3 is 18.9 Å². The van der Waals surface area contributed by atoms with E-state index in [-0.39, 0.29) is 23.3 Å². The summed E-state index contributed by atoms with van der Waals surface area (Å²) in [4.78, 5) is 36.7. The number of carbonyl (C=O) groups excluding carboxylic acids is 3. The number of methoxy groups -OCH3 is 2. The van der Waals surface area contributed by atoms with Gasteiger partial charge in [-0.05, 0) is 62.6 Å². The summed E-state index contributed by atoms with van der Waals surface area (Å²) in [7, 11) is 2.72. The third-order valence-corrected chi connectivity index (χ3v) is 6.30. The molecule has 0 saturated heterocycles. The highest BCUT2D eigenvalue weighted by atomic mass is 16.7. The monoisotopic (exact) mass is 388 g/mol. The Bertz CT molecular complexity index is 825. The molecule has 2 atom stereocenters. The minimum atomic E-state index is -0.804. The molecule has 0 amide bonds. The second kappa shape index (κ2) is 6.79. The van der Waals surface area contributed by atoms with Gasteiger partial charge in [0.25, 0.3) is 0 Å². The smallest absolute Gasteiger partial charge is 0.493 e. The van der Waals surface area contributed by atoms with Gasteiger partial charge in [-0.3, -0.25) is 4.79 Å². The lowest BCUT2D eigenvalue weighted by Crippen LogP contribution is -2.57. The van der Waals surface area contributed by atoms with Crippen molar-refractivity contribution in [2.24, 2.45) is 17.8 Å². The zero-order valence-corrected chi connectivity index (χ0v) is 16.3. The van der Waals surface area contributed by atoms with Crippen LogP contribution in [-0.2, 0) is 14.3 Å². The van der Waals surface area contributed by atoms with Gasteiger partial charge in [-0.2, -0.15) is 0 Å². The van der Waals surface area contributed by atoms with Crippen molar-refractivity contribution < 1.29 is 33.3 Å². The van der Waals surface area contributed by atoms with E-state index in [2.05, 4.69) is 0 Å². The molecule has 0 N–H and O–H groups in total. The van der Waals surface area contributed by atoms with Gasteiger partial charge in [0, 0.05) is 11.8 Å². The number of aryl methyl sites for hydroxylation is 1. The van der Waals surface area contributed by atoms with Crippen molar-refractivity contribution in [2.75, 3.05) is 14.2 Å². The number of ether oxygens (including phenoxy) is 4. The first-order valence-electron chi connectivity index (χ1n) is 9.55. The first kappa shape index (κ1) is 18.8. The standard InChI is InChI=1S/C21H24O7/c1-11-4-13(19(23)26-3)7-16(25-2)18(11)27-20(24)28-21-8-12-5-14(9-21)17(22)15(6-12)10-21/h4,7,12,14-15H,5-6,8-10H2,1-3H3. The second-order valence-corrected chi connectivity index (χ2v) is 8.20. The summed E-state index contributed by atoms with van der Waals surface area (Å²) >= 11 is 0. The van der Waals surface area contributed by atoms with Crippen LogP contribution in [0.2, 0.25) is 0 Å². The Kier molecular flexibility index (Phi) is 4.56. The maximum absolute atomic E-state index is 12.6. The Morgan fingerprint density at radius 3 is 2.36 bits per heavy atom. The molecular formula is C21H24O7. The van der Waals surface area contributed by atoms with E-state index >= 15 is 0 Å². The van der Waals surface area contributed by atoms with Crippen LogP contribution in [0.5, 0.6) is 11.5 Å². The molecule has 0 heterocycles. The molecule has 4 aliphatic rings. The first-order chi connectivity index (χ1) is 13.3. The van der Waals surface area contributed by atoms with Crippen LogP contribution in [0.25, 0.3) is 0 Å². The van der Waals surface area contributed by atoms with Crippen LogP contribution in [0, 0.1) is 24.7 Å². The van der Waals surface area contributed by atoms with Crippen molar-refractivity contribution in [1.29, 1.82) is 0 Å². The van der Waals surface area contributed by atoms with Gasteiger partial charge in [0.1, 0.15) is 11.4 Å². The summed E-state index contributed by atoms with van der Waals surface area (Å²) in [6.07, 6.45) is 2.99. The maximum atomic E-state index is 12.6. The number of Topliss-reactive ketones (excluding diaryl/α,β-unsaturated/α-hetero) is 1. The molecule has 4 bridgehead atoms. The van der Waals surface area contributed by atoms with Crippen LogP contribution in [0.4, 0.5) is 4.79 Å². The molecule has 28 heavy (non-hydrogen) atoms.